The largest absolute Gasteiger partial charge is 0.497 e. The van der Waals surface area contributed by atoms with Gasteiger partial charge in [0, 0.05) is 12.6 Å². The number of rotatable bonds is 6. The molecular formula is C14H18N2O2S. The van der Waals surface area contributed by atoms with Crippen LogP contribution in [0.1, 0.15) is 6.92 Å². The first-order chi connectivity index (χ1) is 9.11. The highest BCUT2D eigenvalue weighted by atomic mass is 32.1. The van der Waals surface area contributed by atoms with Crippen LogP contribution >= 0.6 is 12.2 Å². The van der Waals surface area contributed by atoms with Gasteiger partial charge in [-0.2, -0.15) is 0 Å². The molecule has 0 aliphatic heterocycles. The zero-order valence-electron chi connectivity index (χ0n) is 11.2. The van der Waals surface area contributed by atoms with Crippen LogP contribution in [0.5, 0.6) is 5.75 Å². The number of benzene rings is 1. The van der Waals surface area contributed by atoms with Gasteiger partial charge in [-0.25, -0.2) is 0 Å². The monoisotopic (exact) mass is 278 g/mol. The van der Waals surface area contributed by atoms with Crippen LogP contribution < -0.4 is 4.74 Å². The zero-order chi connectivity index (χ0) is 13.8. The fourth-order valence-corrected chi connectivity index (χ4v) is 2.19. The maximum atomic E-state index is 5.51. The second-order valence-corrected chi connectivity index (χ2v) is 4.86. The Bertz CT molecular complexity index is 642. The highest BCUT2D eigenvalue weighted by molar-refractivity contribution is 7.71. The molecule has 2 aromatic rings. The van der Waals surface area contributed by atoms with E-state index in [1.165, 1.54) is 0 Å². The van der Waals surface area contributed by atoms with Crippen LogP contribution in [0.3, 0.4) is 0 Å². The standard InChI is InChI=1S/C14H18N2O2S/c1-10(2)9-18-7-6-16-13-5-4-11(17-3)8-12(13)15-14(16)19/h4-5,8H,1,6-7,9H2,2-3H3,(H,15,19). The van der Waals surface area contributed by atoms with Crippen LogP contribution in [-0.2, 0) is 11.3 Å². The van der Waals surface area contributed by atoms with E-state index >= 15 is 0 Å². The summed E-state index contributed by atoms with van der Waals surface area (Å²) in [5, 5.41) is 0. The molecule has 0 saturated heterocycles. The third-order valence-corrected chi connectivity index (χ3v) is 3.11. The van der Waals surface area contributed by atoms with Gasteiger partial charge in [0.15, 0.2) is 4.77 Å². The first kappa shape index (κ1) is 13.8. The summed E-state index contributed by atoms with van der Waals surface area (Å²) in [5.41, 5.74) is 3.06. The molecule has 0 radical (unpaired) electrons. The normalized spacial score (nSPS) is 10.8. The van der Waals surface area contributed by atoms with Crippen LogP contribution in [-0.4, -0.2) is 29.9 Å². The van der Waals surface area contributed by atoms with Gasteiger partial charge in [0.25, 0.3) is 0 Å². The van der Waals surface area contributed by atoms with Gasteiger partial charge in [-0.3, -0.25) is 0 Å². The summed E-state index contributed by atoms with van der Waals surface area (Å²) in [6, 6.07) is 5.87. The molecule has 1 aromatic carbocycles. The van der Waals surface area contributed by atoms with E-state index in [2.05, 4.69) is 11.6 Å². The van der Waals surface area contributed by atoms with Gasteiger partial charge < -0.3 is 19.0 Å². The molecule has 4 nitrogen and oxygen atoms in total. The highest BCUT2D eigenvalue weighted by Gasteiger charge is 2.05. The molecule has 0 saturated carbocycles. The first-order valence-corrected chi connectivity index (χ1v) is 6.51. The van der Waals surface area contributed by atoms with E-state index in [9.17, 15) is 0 Å². The quantitative estimate of drug-likeness (QED) is 0.500. The van der Waals surface area contributed by atoms with Gasteiger partial charge in [-0.15, -0.1) is 0 Å². The van der Waals surface area contributed by atoms with Crippen LogP contribution in [0.4, 0.5) is 0 Å². The molecule has 1 aromatic heterocycles. The summed E-state index contributed by atoms with van der Waals surface area (Å²) in [7, 11) is 1.65. The van der Waals surface area contributed by atoms with Crippen LogP contribution in [0.15, 0.2) is 30.4 Å². The minimum atomic E-state index is 0.587. The van der Waals surface area contributed by atoms with Crippen LogP contribution in [0.25, 0.3) is 11.0 Å². The molecule has 0 fully saturated rings. The molecule has 0 atom stereocenters. The summed E-state index contributed by atoms with van der Waals surface area (Å²) in [5.74, 6) is 0.814. The van der Waals surface area contributed by atoms with Crippen molar-refractivity contribution in [2.45, 2.75) is 13.5 Å². The summed E-state index contributed by atoms with van der Waals surface area (Å²) in [6.45, 7) is 7.67. The van der Waals surface area contributed by atoms with Crippen molar-refractivity contribution in [1.82, 2.24) is 9.55 Å². The molecule has 0 aliphatic rings. The Morgan fingerprint density at radius 2 is 2.26 bits per heavy atom. The molecule has 5 heteroatoms. The van der Waals surface area contributed by atoms with Crippen molar-refractivity contribution in [3.63, 3.8) is 0 Å². The Morgan fingerprint density at radius 1 is 1.47 bits per heavy atom. The van der Waals surface area contributed by atoms with Crippen molar-refractivity contribution in [3.05, 3.63) is 35.1 Å². The number of aromatic amines is 1. The lowest BCUT2D eigenvalue weighted by molar-refractivity contribution is 0.148. The molecule has 19 heavy (non-hydrogen) atoms. The van der Waals surface area contributed by atoms with Crippen molar-refractivity contribution in [1.29, 1.82) is 0 Å². The third kappa shape index (κ3) is 3.24. The van der Waals surface area contributed by atoms with Crippen molar-refractivity contribution in [3.8, 4) is 5.75 Å². The number of methoxy groups -OCH3 is 1. The maximum Gasteiger partial charge on any atom is 0.178 e. The van der Waals surface area contributed by atoms with Gasteiger partial charge >= 0.3 is 0 Å². The minimum Gasteiger partial charge on any atom is -0.497 e. The molecule has 0 bridgehead atoms. The van der Waals surface area contributed by atoms with E-state index < -0.39 is 0 Å². The van der Waals surface area contributed by atoms with Crippen LogP contribution in [0.2, 0.25) is 0 Å². The fourth-order valence-electron chi connectivity index (χ4n) is 1.89. The first-order valence-electron chi connectivity index (χ1n) is 6.10. The lowest BCUT2D eigenvalue weighted by atomic mass is 10.3. The van der Waals surface area contributed by atoms with Crippen molar-refractivity contribution >= 4 is 23.3 Å². The molecule has 0 amide bonds. The molecule has 1 heterocycles. The average molecular weight is 278 g/mol. The van der Waals surface area contributed by atoms with E-state index in [1.54, 1.807) is 7.11 Å². The maximum absolute atomic E-state index is 5.51. The van der Waals surface area contributed by atoms with Crippen LogP contribution in [0, 0.1) is 4.77 Å². The second kappa shape index (κ2) is 6.04. The van der Waals surface area contributed by atoms with Gasteiger partial charge in [-0.05, 0) is 31.3 Å². The van der Waals surface area contributed by atoms with Gasteiger partial charge in [0.1, 0.15) is 5.75 Å². The van der Waals surface area contributed by atoms with Gasteiger partial charge in [0.2, 0.25) is 0 Å². The van der Waals surface area contributed by atoms with E-state index in [1.807, 2.05) is 29.7 Å². The summed E-state index contributed by atoms with van der Waals surface area (Å²) in [6.07, 6.45) is 0. The number of hydrogen-bond donors (Lipinski definition) is 1. The molecule has 0 spiro atoms. The van der Waals surface area contributed by atoms with E-state index in [4.69, 9.17) is 21.7 Å². The van der Waals surface area contributed by atoms with Crippen molar-refractivity contribution < 1.29 is 9.47 Å². The van der Waals surface area contributed by atoms with Gasteiger partial charge in [-0.1, -0.05) is 12.2 Å². The minimum absolute atomic E-state index is 0.587. The number of imidazole rings is 1. The Kier molecular flexibility index (Phi) is 4.39. The van der Waals surface area contributed by atoms with E-state index in [0.29, 0.717) is 18.0 Å². The Labute approximate surface area is 117 Å². The number of ether oxygens (including phenoxy) is 2. The molecule has 0 unspecified atom stereocenters. The molecule has 102 valence electrons. The predicted octanol–water partition coefficient (Wildman–Crippen LogP) is 3.30. The molecular weight excluding hydrogens is 260 g/mol. The summed E-state index contributed by atoms with van der Waals surface area (Å²) < 4.78 is 13.4. The zero-order valence-corrected chi connectivity index (χ0v) is 12.0. The third-order valence-electron chi connectivity index (χ3n) is 2.79. The Balaban J connectivity index is 2.16. The lowest BCUT2D eigenvalue weighted by Crippen LogP contribution is -2.07. The highest BCUT2D eigenvalue weighted by Crippen LogP contribution is 2.20. The smallest absolute Gasteiger partial charge is 0.178 e. The number of hydrogen-bond acceptors (Lipinski definition) is 3. The summed E-state index contributed by atoms with van der Waals surface area (Å²) in [4.78, 5) is 3.18. The number of nitrogens with zero attached hydrogens (tertiary/aromatic N) is 1. The number of nitrogens with one attached hydrogen (secondary N) is 1. The predicted molar refractivity (Wildman–Crippen MR) is 79.3 cm³/mol. The van der Waals surface area contributed by atoms with Gasteiger partial charge in [0.05, 0.1) is 31.4 Å². The number of aromatic nitrogens is 2. The van der Waals surface area contributed by atoms with E-state index in [-0.39, 0.29) is 0 Å². The topological polar surface area (TPSA) is 39.2 Å². The molecule has 1 N–H and O–H groups in total. The average Bonchev–Trinajstić information content (AvgIpc) is 2.69. The lowest BCUT2D eigenvalue weighted by Gasteiger charge is -2.06. The fraction of sp³-hybridized carbons (Fsp3) is 0.357. The Morgan fingerprint density at radius 3 is 2.95 bits per heavy atom. The molecule has 2 rings (SSSR count). The Hall–Kier alpha value is -1.59. The SMILES string of the molecule is C=C(C)COCCn1c(=S)[nH]c2cc(OC)ccc21. The van der Waals surface area contributed by atoms with Crippen molar-refractivity contribution in [2.75, 3.05) is 20.3 Å². The second-order valence-electron chi connectivity index (χ2n) is 4.47. The molecule has 0 aliphatic carbocycles. The number of H-pyrrole nitrogens is 1. The summed E-state index contributed by atoms with van der Waals surface area (Å²) >= 11 is 5.33. The van der Waals surface area contributed by atoms with E-state index in [0.717, 1.165) is 28.9 Å². The number of fused-ring (bicyclic) bond motifs is 1. The van der Waals surface area contributed by atoms with Crippen molar-refractivity contribution in [2.24, 2.45) is 0 Å².